The summed E-state index contributed by atoms with van der Waals surface area (Å²) in [5.74, 6) is 0.870. The molecule has 0 aliphatic carbocycles. The molecule has 0 aromatic heterocycles. The molecule has 0 saturated heterocycles. The molecule has 2 N–H and O–H groups in total. The number of hydrogen-bond acceptors (Lipinski definition) is 3. The van der Waals surface area contributed by atoms with Crippen molar-refractivity contribution < 1.29 is 9.53 Å². The van der Waals surface area contributed by atoms with Gasteiger partial charge in [0.2, 0.25) is 0 Å². The number of para-hydroxylation sites is 1. The van der Waals surface area contributed by atoms with Crippen LogP contribution < -0.4 is 15.4 Å². The van der Waals surface area contributed by atoms with Crippen molar-refractivity contribution in [2.24, 2.45) is 0 Å². The van der Waals surface area contributed by atoms with E-state index in [2.05, 4.69) is 46.7 Å². The molecule has 27 heavy (non-hydrogen) atoms. The molecule has 4 rings (SSSR count). The predicted octanol–water partition coefficient (Wildman–Crippen LogP) is 3.26. The van der Waals surface area contributed by atoms with E-state index in [9.17, 15) is 4.79 Å². The third-order valence-electron chi connectivity index (χ3n) is 5.61. The molecule has 0 fully saturated rings. The number of nitrogens with one attached hydrogen (secondary N) is 2. The van der Waals surface area contributed by atoms with Crippen LogP contribution in [0.4, 0.5) is 4.79 Å². The van der Waals surface area contributed by atoms with Crippen LogP contribution in [-0.2, 0) is 13.0 Å². The Hall–Kier alpha value is -2.53. The summed E-state index contributed by atoms with van der Waals surface area (Å²) in [6.45, 7) is 5.44. The van der Waals surface area contributed by atoms with Crippen LogP contribution in [0.2, 0.25) is 0 Å². The third kappa shape index (κ3) is 4.08. The summed E-state index contributed by atoms with van der Waals surface area (Å²) in [6, 6.07) is 16.7. The highest BCUT2D eigenvalue weighted by molar-refractivity contribution is 5.74. The van der Waals surface area contributed by atoms with Crippen LogP contribution in [0.5, 0.6) is 5.75 Å². The molecule has 0 saturated carbocycles. The highest BCUT2D eigenvalue weighted by Gasteiger charge is 2.24. The van der Waals surface area contributed by atoms with Gasteiger partial charge in [0, 0.05) is 37.7 Å². The van der Waals surface area contributed by atoms with Crippen molar-refractivity contribution in [1.82, 2.24) is 15.5 Å². The van der Waals surface area contributed by atoms with E-state index in [0.29, 0.717) is 19.2 Å². The first-order chi connectivity index (χ1) is 13.2. The average Bonchev–Trinajstić information content (AvgIpc) is 2.72. The third-order valence-corrected chi connectivity index (χ3v) is 5.61. The maximum atomic E-state index is 12.4. The highest BCUT2D eigenvalue weighted by Crippen LogP contribution is 2.31. The Labute approximate surface area is 160 Å². The van der Waals surface area contributed by atoms with Crippen LogP contribution >= 0.6 is 0 Å². The molecule has 0 unspecified atom stereocenters. The van der Waals surface area contributed by atoms with E-state index in [0.717, 1.165) is 37.2 Å². The standard InChI is InChI=1S/C22H27N3O2/c1-16(25-12-10-17-6-2-3-7-18(17)15-25)14-23-22(26)24-20-11-13-27-21-9-5-4-8-19(20)21/h2-9,16,20H,10-15H2,1H3,(H2,23,24,26)/t16-,20+/m1/s1. The van der Waals surface area contributed by atoms with Crippen LogP contribution in [0.3, 0.4) is 0 Å². The Bertz CT molecular complexity index is 808. The Kier molecular flexibility index (Phi) is 5.30. The van der Waals surface area contributed by atoms with E-state index < -0.39 is 0 Å². The van der Waals surface area contributed by atoms with Crippen LogP contribution in [0.1, 0.15) is 36.1 Å². The normalized spacial score (nSPS) is 20.0. The van der Waals surface area contributed by atoms with Gasteiger partial charge in [-0.25, -0.2) is 4.79 Å². The summed E-state index contributed by atoms with van der Waals surface area (Å²) in [6.07, 6.45) is 1.87. The Balaban J connectivity index is 1.29. The first kappa shape index (κ1) is 17.9. The lowest BCUT2D eigenvalue weighted by Gasteiger charge is -2.34. The molecule has 2 heterocycles. The molecule has 0 spiro atoms. The molecule has 2 aliphatic heterocycles. The number of urea groups is 1. The lowest BCUT2D eigenvalue weighted by atomic mass is 9.99. The van der Waals surface area contributed by atoms with Crippen molar-refractivity contribution >= 4 is 6.03 Å². The molecule has 0 bridgehead atoms. The van der Waals surface area contributed by atoms with Gasteiger partial charge in [-0.3, -0.25) is 4.90 Å². The monoisotopic (exact) mass is 365 g/mol. The van der Waals surface area contributed by atoms with Gasteiger partial charge >= 0.3 is 6.03 Å². The first-order valence-corrected chi connectivity index (χ1v) is 9.77. The summed E-state index contributed by atoms with van der Waals surface area (Å²) >= 11 is 0. The van der Waals surface area contributed by atoms with E-state index in [1.165, 1.54) is 11.1 Å². The number of amides is 2. The largest absolute Gasteiger partial charge is 0.493 e. The zero-order valence-corrected chi connectivity index (χ0v) is 15.8. The van der Waals surface area contributed by atoms with Gasteiger partial charge in [-0.2, -0.15) is 0 Å². The lowest BCUT2D eigenvalue weighted by Crippen LogP contribution is -2.47. The van der Waals surface area contributed by atoms with Crippen molar-refractivity contribution in [3.05, 3.63) is 65.2 Å². The average molecular weight is 365 g/mol. The van der Waals surface area contributed by atoms with Gasteiger partial charge in [-0.1, -0.05) is 42.5 Å². The molecular weight excluding hydrogens is 338 g/mol. The topological polar surface area (TPSA) is 53.6 Å². The van der Waals surface area contributed by atoms with E-state index >= 15 is 0 Å². The summed E-state index contributed by atoms with van der Waals surface area (Å²) in [7, 11) is 0. The van der Waals surface area contributed by atoms with Crippen LogP contribution in [0, 0.1) is 0 Å². The molecule has 5 heteroatoms. The second-order valence-electron chi connectivity index (χ2n) is 7.42. The highest BCUT2D eigenvalue weighted by atomic mass is 16.5. The maximum Gasteiger partial charge on any atom is 0.315 e. The Morgan fingerprint density at radius 1 is 1.19 bits per heavy atom. The molecule has 5 nitrogen and oxygen atoms in total. The first-order valence-electron chi connectivity index (χ1n) is 9.77. The zero-order chi connectivity index (χ0) is 18.6. The van der Waals surface area contributed by atoms with E-state index in [1.54, 1.807) is 0 Å². The van der Waals surface area contributed by atoms with Gasteiger partial charge in [-0.15, -0.1) is 0 Å². The molecular formula is C22H27N3O2. The lowest BCUT2D eigenvalue weighted by molar-refractivity contribution is 0.183. The minimum absolute atomic E-state index is 0.00659. The number of hydrogen-bond donors (Lipinski definition) is 2. The predicted molar refractivity (Wildman–Crippen MR) is 106 cm³/mol. The van der Waals surface area contributed by atoms with E-state index in [1.807, 2.05) is 24.3 Å². The SMILES string of the molecule is C[C@H](CNC(=O)N[C@H]1CCOc2ccccc21)N1CCc2ccccc2C1. The quantitative estimate of drug-likeness (QED) is 0.874. The number of benzene rings is 2. The minimum atomic E-state index is -0.110. The van der Waals surface area contributed by atoms with Crippen LogP contribution in [-0.4, -0.2) is 36.7 Å². The Morgan fingerprint density at radius 3 is 2.85 bits per heavy atom. The molecule has 0 radical (unpaired) electrons. The number of carbonyl (C=O) groups excluding carboxylic acids is 1. The molecule has 2 atom stereocenters. The molecule has 2 aliphatic rings. The van der Waals surface area contributed by atoms with E-state index in [4.69, 9.17) is 4.74 Å². The summed E-state index contributed by atoms with van der Waals surface area (Å²) < 4.78 is 5.66. The Morgan fingerprint density at radius 2 is 1.96 bits per heavy atom. The zero-order valence-electron chi connectivity index (χ0n) is 15.8. The van der Waals surface area contributed by atoms with Crippen molar-refractivity contribution in [1.29, 1.82) is 0 Å². The summed E-state index contributed by atoms with van der Waals surface area (Å²) in [5, 5.41) is 6.15. The molecule has 2 aromatic carbocycles. The number of carbonyl (C=O) groups is 1. The summed E-state index contributed by atoms with van der Waals surface area (Å²) in [5.41, 5.74) is 3.91. The van der Waals surface area contributed by atoms with Crippen molar-refractivity contribution in [2.75, 3.05) is 19.7 Å². The van der Waals surface area contributed by atoms with Crippen molar-refractivity contribution in [3.8, 4) is 5.75 Å². The molecule has 142 valence electrons. The minimum Gasteiger partial charge on any atom is -0.493 e. The van der Waals surface area contributed by atoms with Gasteiger partial charge in [0.1, 0.15) is 5.75 Å². The number of nitrogens with zero attached hydrogens (tertiary/aromatic N) is 1. The fraction of sp³-hybridized carbons (Fsp3) is 0.409. The van der Waals surface area contributed by atoms with Gasteiger partial charge in [0.15, 0.2) is 0 Å². The van der Waals surface area contributed by atoms with Crippen molar-refractivity contribution in [2.45, 2.75) is 38.4 Å². The smallest absolute Gasteiger partial charge is 0.315 e. The second kappa shape index (κ2) is 8.01. The van der Waals surface area contributed by atoms with Gasteiger partial charge in [0.25, 0.3) is 0 Å². The van der Waals surface area contributed by atoms with Crippen molar-refractivity contribution in [3.63, 3.8) is 0 Å². The van der Waals surface area contributed by atoms with Crippen LogP contribution in [0.25, 0.3) is 0 Å². The number of ether oxygens (including phenoxy) is 1. The number of fused-ring (bicyclic) bond motifs is 2. The maximum absolute atomic E-state index is 12.4. The van der Waals surface area contributed by atoms with Gasteiger partial charge in [-0.05, 0) is 30.5 Å². The second-order valence-corrected chi connectivity index (χ2v) is 7.42. The number of rotatable bonds is 4. The molecule has 2 amide bonds. The van der Waals surface area contributed by atoms with E-state index in [-0.39, 0.29) is 12.1 Å². The van der Waals surface area contributed by atoms with Gasteiger partial charge < -0.3 is 15.4 Å². The fourth-order valence-electron chi connectivity index (χ4n) is 3.96. The molecule has 2 aromatic rings. The van der Waals surface area contributed by atoms with Gasteiger partial charge in [0.05, 0.1) is 12.6 Å². The summed E-state index contributed by atoms with van der Waals surface area (Å²) in [4.78, 5) is 14.9. The van der Waals surface area contributed by atoms with Crippen LogP contribution in [0.15, 0.2) is 48.5 Å². The fourth-order valence-corrected chi connectivity index (χ4v) is 3.96.